The Hall–Kier alpha value is -2.26. The largest absolute Gasteiger partial charge is 0.508 e. The molecule has 2 fully saturated rings. The number of aromatic hydroxyl groups is 1. The number of aliphatic hydroxyl groups excluding tert-OH is 1. The van der Waals surface area contributed by atoms with Crippen LogP contribution in [0, 0.1) is 5.92 Å². The standard InChI is InChI=1S/C23H30FN5O2/c1-2-12-8-15(31)3-4-16(12)17-5-6-18-21(20(17)24)28-29-22(18)23-26-10-19(27-23)13-7-14(11-30)25-9-13/h3-4,7-8,10,14,17-18,20-22,25,28-31H,2,5-6,9,11H2,1H3,(H,26,27)/t14-,17?,18?,20?,21?,22?/m0/s1. The number of imidazole rings is 1. The van der Waals surface area contributed by atoms with Gasteiger partial charge < -0.3 is 20.5 Å². The number of aromatic nitrogens is 2. The van der Waals surface area contributed by atoms with Crippen LogP contribution in [0.15, 0.2) is 30.5 Å². The summed E-state index contributed by atoms with van der Waals surface area (Å²) >= 11 is 0. The Morgan fingerprint density at radius 2 is 2.10 bits per heavy atom. The number of aliphatic hydroxyl groups is 1. The van der Waals surface area contributed by atoms with E-state index in [9.17, 15) is 10.2 Å². The van der Waals surface area contributed by atoms with Gasteiger partial charge >= 0.3 is 0 Å². The van der Waals surface area contributed by atoms with E-state index in [0.29, 0.717) is 6.54 Å². The Bertz CT molecular complexity index is 977. The summed E-state index contributed by atoms with van der Waals surface area (Å²) in [4.78, 5) is 7.99. The topological polar surface area (TPSA) is 105 Å². The van der Waals surface area contributed by atoms with Gasteiger partial charge in [-0.15, -0.1) is 0 Å². The minimum absolute atomic E-state index is 0.0205. The number of nitrogens with one attached hydrogen (secondary N) is 4. The zero-order chi connectivity index (χ0) is 21.5. The molecular weight excluding hydrogens is 397 g/mol. The van der Waals surface area contributed by atoms with Crippen LogP contribution >= 0.6 is 0 Å². The summed E-state index contributed by atoms with van der Waals surface area (Å²) in [5.41, 5.74) is 10.5. The van der Waals surface area contributed by atoms with Crippen molar-refractivity contribution in [2.24, 2.45) is 5.92 Å². The molecular formula is C23H30FN5O2. The second-order valence-corrected chi connectivity index (χ2v) is 8.86. The second-order valence-electron chi connectivity index (χ2n) is 8.86. The van der Waals surface area contributed by atoms with Crippen LogP contribution in [-0.4, -0.2) is 51.6 Å². The Kier molecular flexibility index (Phi) is 5.56. The van der Waals surface area contributed by atoms with Crippen molar-refractivity contribution in [1.29, 1.82) is 0 Å². The van der Waals surface area contributed by atoms with E-state index >= 15 is 4.39 Å². The highest BCUT2D eigenvalue weighted by Crippen LogP contribution is 2.45. The molecule has 0 spiro atoms. The maximum Gasteiger partial charge on any atom is 0.125 e. The van der Waals surface area contributed by atoms with Crippen LogP contribution in [0.3, 0.4) is 0 Å². The third-order valence-corrected chi connectivity index (χ3v) is 7.13. The molecule has 7 nitrogen and oxygen atoms in total. The van der Waals surface area contributed by atoms with E-state index in [4.69, 9.17) is 0 Å². The van der Waals surface area contributed by atoms with E-state index in [2.05, 4.69) is 26.1 Å². The quantitative estimate of drug-likeness (QED) is 0.437. The average Bonchev–Trinajstić information content (AvgIpc) is 3.52. The Morgan fingerprint density at radius 3 is 2.87 bits per heavy atom. The molecule has 2 aromatic rings. The number of halogens is 1. The molecule has 166 valence electrons. The first-order valence-electron chi connectivity index (χ1n) is 11.2. The normalized spacial score (nSPS) is 32.8. The first kappa shape index (κ1) is 20.6. The van der Waals surface area contributed by atoms with Gasteiger partial charge in [0.2, 0.25) is 0 Å². The van der Waals surface area contributed by atoms with Gasteiger partial charge in [-0.1, -0.05) is 19.1 Å². The van der Waals surface area contributed by atoms with Crippen LogP contribution in [0.2, 0.25) is 0 Å². The Labute approximate surface area is 181 Å². The number of hydrazine groups is 1. The molecule has 6 N–H and O–H groups in total. The third-order valence-electron chi connectivity index (χ3n) is 7.13. The molecule has 0 radical (unpaired) electrons. The summed E-state index contributed by atoms with van der Waals surface area (Å²) in [5, 5.41) is 22.4. The molecule has 0 bridgehead atoms. The minimum Gasteiger partial charge on any atom is -0.508 e. The van der Waals surface area contributed by atoms with Gasteiger partial charge in [0.1, 0.15) is 17.7 Å². The van der Waals surface area contributed by atoms with Crippen molar-refractivity contribution in [3.63, 3.8) is 0 Å². The fourth-order valence-electron chi connectivity index (χ4n) is 5.47. The van der Waals surface area contributed by atoms with Crippen molar-refractivity contribution in [3.05, 3.63) is 53.1 Å². The van der Waals surface area contributed by atoms with Gasteiger partial charge in [0.15, 0.2) is 0 Å². The first-order chi connectivity index (χ1) is 15.1. The summed E-state index contributed by atoms with van der Waals surface area (Å²) in [6.07, 6.45) is 5.24. The van der Waals surface area contributed by atoms with Crippen molar-refractivity contribution in [2.75, 3.05) is 13.2 Å². The number of aromatic amines is 1. The van der Waals surface area contributed by atoms with E-state index in [0.717, 1.165) is 47.5 Å². The number of hydrogen-bond donors (Lipinski definition) is 6. The van der Waals surface area contributed by atoms with Crippen molar-refractivity contribution < 1.29 is 14.6 Å². The lowest BCUT2D eigenvalue weighted by molar-refractivity contribution is 0.135. The molecule has 5 unspecified atom stereocenters. The monoisotopic (exact) mass is 427 g/mol. The molecule has 3 heterocycles. The number of phenolic OH excluding ortho intramolecular Hbond substituents is 1. The van der Waals surface area contributed by atoms with Crippen LogP contribution < -0.4 is 16.2 Å². The number of benzene rings is 1. The van der Waals surface area contributed by atoms with Crippen molar-refractivity contribution in [1.82, 2.24) is 26.1 Å². The van der Waals surface area contributed by atoms with E-state index in [1.165, 1.54) is 0 Å². The lowest BCUT2D eigenvalue weighted by Crippen LogP contribution is -2.45. The molecule has 1 saturated heterocycles. The first-order valence-corrected chi connectivity index (χ1v) is 11.2. The molecule has 1 aromatic carbocycles. The maximum absolute atomic E-state index is 15.7. The summed E-state index contributed by atoms with van der Waals surface area (Å²) in [6, 6.07) is 4.92. The molecule has 3 aliphatic rings. The van der Waals surface area contributed by atoms with Crippen LogP contribution in [-0.2, 0) is 6.42 Å². The number of hydrogen-bond acceptors (Lipinski definition) is 6. The third kappa shape index (κ3) is 3.67. The number of rotatable bonds is 5. The fourth-order valence-corrected chi connectivity index (χ4v) is 5.47. The van der Waals surface area contributed by atoms with E-state index in [-0.39, 0.29) is 42.3 Å². The summed E-state index contributed by atoms with van der Waals surface area (Å²) in [5.74, 6) is 0.972. The van der Waals surface area contributed by atoms with E-state index in [1.54, 1.807) is 12.1 Å². The second kappa shape index (κ2) is 8.35. The molecule has 5 rings (SSSR count). The molecule has 2 aliphatic heterocycles. The summed E-state index contributed by atoms with van der Waals surface area (Å²) in [7, 11) is 0. The molecule has 1 saturated carbocycles. The van der Waals surface area contributed by atoms with E-state index in [1.807, 2.05) is 25.3 Å². The Balaban J connectivity index is 1.33. The molecule has 1 aliphatic carbocycles. The Morgan fingerprint density at radius 1 is 1.23 bits per heavy atom. The zero-order valence-corrected chi connectivity index (χ0v) is 17.6. The van der Waals surface area contributed by atoms with Crippen LogP contribution in [0.4, 0.5) is 4.39 Å². The minimum atomic E-state index is -1.02. The number of H-pyrrole nitrogens is 1. The highest BCUT2D eigenvalue weighted by atomic mass is 19.1. The van der Waals surface area contributed by atoms with Crippen molar-refractivity contribution in [2.45, 2.75) is 56.4 Å². The number of alkyl halides is 1. The summed E-state index contributed by atoms with van der Waals surface area (Å²) in [6.45, 7) is 2.80. The highest BCUT2D eigenvalue weighted by molar-refractivity contribution is 5.66. The SMILES string of the molecule is CCc1cc(O)ccc1C1CCC2C(c3ncc(C4=C[C@@H](CO)NC4)[nH]3)NNC2C1F. The van der Waals surface area contributed by atoms with Gasteiger partial charge in [-0.3, -0.25) is 5.43 Å². The smallest absolute Gasteiger partial charge is 0.125 e. The zero-order valence-electron chi connectivity index (χ0n) is 17.6. The van der Waals surface area contributed by atoms with Crippen LogP contribution in [0.25, 0.3) is 5.57 Å². The predicted molar refractivity (Wildman–Crippen MR) is 116 cm³/mol. The van der Waals surface area contributed by atoms with Crippen molar-refractivity contribution >= 4 is 5.57 Å². The molecule has 0 amide bonds. The number of fused-ring (bicyclic) bond motifs is 1. The lowest BCUT2D eigenvalue weighted by Gasteiger charge is -2.36. The number of nitrogens with zero attached hydrogens (tertiary/aromatic N) is 1. The van der Waals surface area contributed by atoms with E-state index < -0.39 is 6.17 Å². The highest BCUT2D eigenvalue weighted by Gasteiger charge is 2.48. The van der Waals surface area contributed by atoms with Crippen LogP contribution in [0.5, 0.6) is 5.75 Å². The number of aryl methyl sites for hydroxylation is 1. The molecule has 31 heavy (non-hydrogen) atoms. The van der Waals surface area contributed by atoms with Gasteiger partial charge in [-0.2, -0.15) is 0 Å². The van der Waals surface area contributed by atoms with Gasteiger partial charge in [-0.25, -0.2) is 14.8 Å². The van der Waals surface area contributed by atoms with Gasteiger partial charge in [0, 0.05) is 24.4 Å². The van der Waals surface area contributed by atoms with Crippen molar-refractivity contribution in [3.8, 4) is 5.75 Å². The number of phenols is 1. The van der Waals surface area contributed by atoms with Gasteiger partial charge in [0.25, 0.3) is 0 Å². The van der Waals surface area contributed by atoms with Crippen LogP contribution in [0.1, 0.15) is 54.4 Å². The molecule has 1 aromatic heterocycles. The summed E-state index contributed by atoms with van der Waals surface area (Å²) < 4.78 is 15.7. The van der Waals surface area contributed by atoms with Gasteiger partial charge in [0.05, 0.1) is 30.6 Å². The average molecular weight is 428 g/mol. The lowest BCUT2D eigenvalue weighted by atomic mass is 9.71. The predicted octanol–water partition coefficient (Wildman–Crippen LogP) is 2.07. The maximum atomic E-state index is 15.7. The molecule has 6 atom stereocenters. The fraction of sp³-hybridized carbons (Fsp3) is 0.522. The molecule has 8 heteroatoms. The van der Waals surface area contributed by atoms with Gasteiger partial charge in [-0.05, 0) is 48.1 Å².